The molecule has 2 aromatic rings. The molecule has 7 nitrogen and oxygen atoms in total. The highest BCUT2D eigenvalue weighted by Gasteiger charge is 2.35. The van der Waals surface area contributed by atoms with E-state index >= 15 is 0 Å². The van der Waals surface area contributed by atoms with Gasteiger partial charge in [-0.15, -0.1) is 0 Å². The van der Waals surface area contributed by atoms with Crippen LogP contribution < -0.4 is 10.0 Å². The van der Waals surface area contributed by atoms with Gasteiger partial charge in [0.2, 0.25) is 5.95 Å². The number of halogens is 2. The predicted octanol–water partition coefficient (Wildman–Crippen LogP) is 3.60. The van der Waals surface area contributed by atoms with Crippen LogP contribution in [0.25, 0.3) is 6.08 Å². The van der Waals surface area contributed by atoms with E-state index in [9.17, 15) is 9.18 Å². The second-order valence-corrected chi connectivity index (χ2v) is 8.30. The predicted molar refractivity (Wildman–Crippen MR) is 108 cm³/mol. The average molecular weight is 434 g/mol. The Kier molecular flexibility index (Phi) is 5.36. The van der Waals surface area contributed by atoms with Crippen LogP contribution in [0.1, 0.15) is 35.2 Å². The third kappa shape index (κ3) is 3.89. The summed E-state index contributed by atoms with van der Waals surface area (Å²) in [5.41, 5.74) is 1.00. The summed E-state index contributed by atoms with van der Waals surface area (Å²) in [6.45, 7) is 3.86. The molecule has 0 bridgehead atoms. The van der Waals surface area contributed by atoms with Gasteiger partial charge in [0.15, 0.2) is 0 Å². The number of nitrogens with zero attached hydrogens (tertiary/aromatic N) is 3. The van der Waals surface area contributed by atoms with Crippen molar-refractivity contribution >= 4 is 41.2 Å². The molecule has 1 fully saturated rings. The lowest BCUT2D eigenvalue weighted by atomic mass is 10.0. The van der Waals surface area contributed by atoms with Gasteiger partial charge in [-0.25, -0.2) is 9.71 Å². The molecule has 1 saturated heterocycles. The highest BCUT2D eigenvalue weighted by Crippen LogP contribution is 2.39. The number of carbonyl (C=O) groups is 1. The van der Waals surface area contributed by atoms with Crippen LogP contribution in [0.5, 0.6) is 0 Å². The number of aromatic nitrogens is 2. The maximum Gasteiger partial charge on any atom is 0.273 e. The number of nitrogens with one attached hydrogen (secondary N) is 2. The van der Waals surface area contributed by atoms with E-state index in [0.29, 0.717) is 30.5 Å². The van der Waals surface area contributed by atoms with E-state index in [1.165, 1.54) is 18.0 Å². The molecule has 2 aliphatic rings. The zero-order valence-corrected chi connectivity index (χ0v) is 17.0. The standard InChI is InChI=1S/C19H17ClFN5O2S/c1-19(9-28-10-19)25-29-17-13-4-2-3-5-26(13)16(15(17)20)18(27)24-11-6-12(8-22)23-14(21)7-11/h2,4,6-7,25H,3,5,9-10H2,1H3,(H,23,24,27). The molecule has 4 rings (SSSR count). The highest BCUT2D eigenvalue weighted by molar-refractivity contribution is 7.97. The summed E-state index contributed by atoms with van der Waals surface area (Å²) in [6.07, 6.45) is 4.74. The molecule has 0 unspecified atom stereocenters. The summed E-state index contributed by atoms with van der Waals surface area (Å²) >= 11 is 7.98. The van der Waals surface area contributed by atoms with Gasteiger partial charge in [0, 0.05) is 18.3 Å². The fourth-order valence-electron chi connectivity index (χ4n) is 3.16. The molecule has 2 aliphatic heterocycles. The molecule has 0 atom stereocenters. The van der Waals surface area contributed by atoms with E-state index < -0.39 is 11.9 Å². The first-order valence-electron chi connectivity index (χ1n) is 8.89. The van der Waals surface area contributed by atoms with Crippen LogP contribution in [0.2, 0.25) is 5.02 Å². The average Bonchev–Trinajstić information content (AvgIpc) is 2.95. The Morgan fingerprint density at radius 3 is 2.97 bits per heavy atom. The molecule has 0 aromatic carbocycles. The maximum absolute atomic E-state index is 13.6. The van der Waals surface area contributed by atoms with E-state index in [2.05, 4.69) is 15.0 Å². The third-order valence-electron chi connectivity index (χ3n) is 4.62. The Balaban J connectivity index is 1.64. The lowest BCUT2D eigenvalue weighted by Crippen LogP contribution is -2.55. The first kappa shape index (κ1) is 19.9. The Bertz CT molecular complexity index is 1060. The number of pyridine rings is 1. The second-order valence-electron chi connectivity index (χ2n) is 7.11. The largest absolute Gasteiger partial charge is 0.377 e. The SMILES string of the molecule is CC1(NSc2c(Cl)c(C(=O)Nc3cc(F)nc(C#N)c3)n3c2C=CCC3)COC1. The molecular formula is C19H17ClFN5O2S. The lowest BCUT2D eigenvalue weighted by molar-refractivity contribution is -0.0510. The van der Waals surface area contributed by atoms with Crippen LogP contribution in [0.4, 0.5) is 10.1 Å². The molecule has 0 radical (unpaired) electrons. The topological polar surface area (TPSA) is 92.0 Å². The van der Waals surface area contributed by atoms with E-state index in [1.54, 1.807) is 6.07 Å². The minimum Gasteiger partial charge on any atom is -0.377 e. The van der Waals surface area contributed by atoms with Crippen LogP contribution in [-0.2, 0) is 11.3 Å². The first-order valence-corrected chi connectivity index (χ1v) is 10.1. The van der Waals surface area contributed by atoms with Crippen LogP contribution >= 0.6 is 23.5 Å². The number of ether oxygens (including phenoxy) is 1. The van der Waals surface area contributed by atoms with Gasteiger partial charge >= 0.3 is 0 Å². The lowest BCUT2D eigenvalue weighted by Gasteiger charge is -2.38. The number of rotatable bonds is 5. The number of fused-ring (bicyclic) bond motifs is 1. The summed E-state index contributed by atoms with van der Waals surface area (Å²) in [4.78, 5) is 17.2. The van der Waals surface area contributed by atoms with E-state index in [0.717, 1.165) is 23.1 Å². The molecule has 4 heterocycles. The Hall–Kier alpha value is -2.38. The molecule has 10 heteroatoms. The van der Waals surface area contributed by atoms with Gasteiger partial charge in [0.05, 0.1) is 34.4 Å². The van der Waals surface area contributed by atoms with Crippen molar-refractivity contribution in [2.45, 2.75) is 30.3 Å². The number of hydrogen-bond donors (Lipinski definition) is 2. The van der Waals surface area contributed by atoms with Crippen LogP contribution in [0.3, 0.4) is 0 Å². The summed E-state index contributed by atoms with van der Waals surface area (Å²) in [5.74, 6) is -1.33. The normalized spacial score (nSPS) is 16.6. The summed E-state index contributed by atoms with van der Waals surface area (Å²) in [6, 6.07) is 4.13. The van der Waals surface area contributed by atoms with Gasteiger partial charge in [0.1, 0.15) is 17.5 Å². The van der Waals surface area contributed by atoms with Crippen LogP contribution in [0, 0.1) is 17.3 Å². The van der Waals surface area contributed by atoms with Crippen molar-refractivity contribution in [1.82, 2.24) is 14.3 Å². The third-order valence-corrected chi connectivity index (χ3v) is 6.31. The molecule has 150 valence electrons. The minimum absolute atomic E-state index is 0.122. The van der Waals surface area contributed by atoms with Gasteiger partial charge in [-0.2, -0.15) is 9.65 Å². The zero-order chi connectivity index (χ0) is 20.6. The highest BCUT2D eigenvalue weighted by atomic mass is 35.5. The number of amides is 1. The van der Waals surface area contributed by atoms with Gasteiger partial charge in [-0.3, -0.25) is 4.79 Å². The van der Waals surface area contributed by atoms with Crippen molar-refractivity contribution < 1.29 is 13.9 Å². The van der Waals surface area contributed by atoms with Crippen molar-refractivity contribution in [3.63, 3.8) is 0 Å². The monoisotopic (exact) mass is 433 g/mol. The van der Waals surface area contributed by atoms with Crippen molar-refractivity contribution in [3.05, 3.63) is 46.3 Å². The second kappa shape index (κ2) is 7.80. The molecule has 2 N–H and O–H groups in total. The summed E-state index contributed by atoms with van der Waals surface area (Å²) < 4.78 is 24.1. The molecule has 0 saturated carbocycles. The number of allylic oxidation sites excluding steroid dienone is 1. The van der Waals surface area contributed by atoms with Crippen LogP contribution in [-0.4, -0.2) is 34.2 Å². The molecular weight excluding hydrogens is 417 g/mol. The first-order chi connectivity index (χ1) is 13.9. The van der Waals surface area contributed by atoms with E-state index in [-0.39, 0.29) is 16.9 Å². The van der Waals surface area contributed by atoms with E-state index in [4.69, 9.17) is 21.6 Å². The minimum atomic E-state index is -0.845. The van der Waals surface area contributed by atoms with Crippen molar-refractivity contribution in [3.8, 4) is 6.07 Å². The Morgan fingerprint density at radius 2 is 2.28 bits per heavy atom. The van der Waals surface area contributed by atoms with Gasteiger partial charge in [-0.1, -0.05) is 17.7 Å². The molecule has 0 aliphatic carbocycles. The number of carbonyl (C=O) groups excluding carboxylic acids is 1. The van der Waals surface area contributed by atoms with Gasteiger partial charge < -0.3 is 14.6 Å². The summed E-state index contributed by atoms with van der Waals surface area (Å²) in [7, 11) is 0. The molecule has 1 amide bonds. The van der Waals surface area contributed by atoms with E-state index in [1.807, 2.05) is 23.6 Å². The van der Waals surface area contributed by atoms with Gasteiger partial charge in [0.25, 0.3) is 5.91 Å². The fourth-order valence-corrected chi connectivity index (χ4v) is 4.49. The number of hydrogen-bond acceptors (Lipinski definition) is 6. The quantitative estimate of drug-likeness (QED) is 0.553. The van der Waals surface area contributed by atoms with Crippen molar-refractivity contribution in [2.24, 2.45) is 0 Å². The maximum atomic E-state index is 13.6. The number of anilines is 1. The van der Waals surface area contributed by atoms with Crippen molar-refractivity contribution in [2.75, 3.05) is 18.5 Å². The molecule has 2 aromatic heterocycles. The number of nitriles is 1. The Morgan fingerprint density at radius 1 is 1.48 bits per heavy atom. The van der Waals surface area contributed by atoms with Crippen LogP contribution in [0.15, 0.2) is 23.1 Å². The van der Waals surface area contributed by atoms with Gasteiger partial charge in [-0.05, 0) is 37.4 Å². The smallest absolute Gasteiger partial charge is 0.273 e. The molecule has 0 spiro atoms. The van der Waals surface area contributed by atoms with Crippen molar-refractivity contribution in [1.29, 1.82) is 5.26 Å². The molecule has 29 heavy (non-hydrogen) atoms. The fraction of sp³-hybridized carbons (Fsp3) is 0.316. The summed E-state index contributed by atoms with van der Waals surface area (Å²) in [5, 5.41) is 11.9. The zero-order valence-electron chi connectivity index (χ0n) is 15.5. The Labute approximate surface area is 176 Å².